The van der Waals surface area contributed by atoms with Gasteiger partial charge in [0.25, 0.3) is 0 Å². The van der Waals surface area contributed by atoms with E-state index in [1.165, 1.54) is 29.3 Å². The lowest BCUT2D eigenvalue weighted by Gasteiger charge is -2.37. The minimum Gasteiger partial charge on any atom is -0.306 e. The molecular weight excluding hydrogens is 262 g/mol. The van der Waals surface area contributed by atoms with Crippen molar-refractivity contribution in [2.24, 2.45) is 0 Å². The van der Waals surface area contributed by atoms with Gasteiger partial charge < -0.3 is 4.90 Å². The fraction of sp³-hybridized carbons (Fsp3) is 0.333. The van der Waals surface area contributed by atoms with Crippen molar-refractivity contribution in [3.63, 3.8) is 0 Å². The maximum Gasteiger partial charge on any atom is 0.0158 e. The van der Waals surface area contributed by atoms with Crippen LogP contribution in [0.5, 0.6) is 0 Å². The Kier molecular flexibility index (Phi) is 3.08. The van der Waals surface area contributed by atoms with Crippen LogP contribution >= 0.6 is 11.8 Å². The van der Waals surface area contributed by atoms with E-state index in [-0.39, 0.29) is 0 Å². The first-order chi connectivity index (χ1) is 9.83. The lowest BCUT2D eigenvalue weighted by Crippen LogP contribution is -2.35. The first-order valence-electron chi connectivity index (χ1n) is 7.37. The molecule has 0 amide bonds. The Hall–Kier alpha value is -1.25. The molecule has 0 radical (unpaired) electrons. The molecule has 4 rings (SSSR count). The molecule has 1 saturated heterocycles. The molecule has 0 N–H and O–H groups in total. The maximum atomic E-state index is 2.48. The van der Waals surface area contributed by atoms with Crippen LogP contribution in [0.4, 0.5) is 0 Å². The smallest absolute Gasteiger partial charge is 0.0158 e. The number of hydrogen-bond donors (Lipinski definition) is 0. The number of fused-ring (bicyclic) bond motifs is 5. The fourth-order valence-corrected chi connectivity index (χ4v) is 4.89. The summed E-state index contributed by atoms with van der Waals surface area (Å²) in [6.07, 6.45) is 1.27. The highest BCUT2D eigenvalue weighted by atomic mass is 32.2. The summed E-state index contributed by atoms with van der Waals surface area (Å²) in [7, 11) is 2.25. The van der Waals surface area contributed by atoms with E-state index in [9.17, 15) is 0 Å². The Balaban J connectivity index is 1.90. The van der Waals surface area contributed by atoms with E-state index in [2.05, 4.69) is 60.5 Å². The summed E-state index contributed by atoms with van der Waals surface area (Å²) in [4.78, 5) is 5.39. The monoisotopic (exact) mass is 281 g/mol. The van der Waals surface area contributed by atoms with Crippen molar-refractivity contribution >= 4 is 11.8 Å². The molecule has 2 heteroatoms. The van der Waals surface area contributed by atoms with Crippen LogP contribution in [0.3, 0.4) is 0 Å². The van der Waals surface area contributed by atoms with Gasteiger partial charge >= 0.3 is 0 Å². The van der Waals surface area contributed by atoms with Gasteiger partial charge in [-0.1, -0.05) is 48.2 Å². The molecule has 0 spiro atoms. The molecule has 2 aliphatic heterocycles. The number of hydrogen-bond acceptors (Lipinski definition) is 2. The van der Waals surface area contributed by atoms with E-state index in [4.69, 9.17) is 0 Å². The van der Waals surface area contributed by atoms with Gasteiger partial charge in [0.15, 0.2) is 0 Å². The molecule has 1 nitrogen and oxygen atoms in total. The second-order valence-corrected chi connectivity index (χ2v) is 7.03. The zero-order valence-electron chi connectivity index (χ0n) is 11.8. The highest BCUT2D eigenvalue weighted by Crippen LogP contribution is 2.50. The van der Waals surface area contributed by atoms with Gasteiger partial charge in [-0.15, -0.1) is 0 Å². The van der Waals surface area contributed by atoms with Crippen LogP contribution in [0.2, 0.25) is 0 Å². The van der Waals surface area contributed by atoms with E-state index < -0.39 is 0 Å². The molecular formula is C18H19NS. The number of piperidine rings is 1. The van der Waals surface area contributed by atoms with Crippen molar-refractivity contribution in [3.05, 3.63) is 59.7 Å². The van der Waals surface area contributed by atoms with Crippen LogP contribution in [-0.4, -0.2) is 25.0 Å². The number of rotatable bonds is 0. The summed E-state index contributed by atoms with van der Waals surface area (Å²) in [5.41, 5.74) is 3.11. The predicted molar refractivity (Wildman–Crippen MR) is 84.6 cm³/mol. The molecule has 20 heavy (non-hydrogen) atoms. The summed E-state index contributed by atoms with van der Waals surface area (Å²) < 4.78 is 0. The van der Waals surface area contributed by atoms with Gasteiger partial charge in [0, 0.05) is 22.3 Å². The molecule has 2 heterocycles. The largest absolute Gasteiger partial charge is 0.306 e. The van der Waals surface area contributed by atoms with E-state index in [1.807, 2.05) is 11.8 Å². The van der Waals surface area contributed by atoms with Crippen LogP contribution < -0.4 is 0 Å². The van der Waals surface area contributed by atoms with Crippen molar-refractivity contribution in [2.75, 3.05) is 20.1 Å². The molecule has 2 aromatic rings. The number of likely N-dealkylation sites (N-methyl/N-ethyl adjacent to an activating group) is 1. The normalized spacial score (nSPS) is 25.2. The van der Waals surface area contributed by atoms with E-state index in [1.54, 1.807) is 11.1 Å². The van der Waals surface area contributed by atoms with Crippen LogP contribution in [0.1, 0.15) is 29.4 Å². The fourth-order valence-electron chi connectivity index (χ4n) is 3.68. The maximum absolute atomic E-state index is 2.48. The second-order valence-electron chi connectivity index (χ2n) is 5.94. The van der Waals surface area contributed by atoms with Gasteiger partial charge in [0.1, 0.15) is 0 Å². The topological polar surface area (TPSA) is 3.24 Å². The predicted octanol–water partition coefficient (Wildman–Crippen LogP) is 4.35. The van der Waals surface area contributed by atoms with Crippen LogP contribution in [0.25, 0.3) is 0 Å². The molecule has 0 aromatic heterocycles. The average molecular weight is 281 g/mol. The number of likely N-dealkylation sites (tertiary alicyclic amines) is 1. The molecule has 0 aliphatic carbocycles. The SMILES string of the molecule is CN1CC[C@H]2c3ccccc3Sc3ccccc3[C@@H]2C1. The zero-order valence-corrected chi connectivity index (χ0v) is 12.6. The second kappa shape index (κ2) is 4.94. The van der Waals surface area contributed by atoms with Gasteiger partial charge in [-0.05, 0) is 49.2 Å². The van der Waals surface area contributed by atoms with Crippen molar-refractivity contribution in [1.29, 1.82) is 0 Å². The van der Waals surface area contributed by atoms with Crippen molar-refractivity contribution in [2.45, 2.75) is 28.0 Å². The summed E-state index contributed by atoms with van der Waals surface area (Å²) in [6, 6.07) is 18.0. The summed E-state index contributed by atoms with van der Waals surface area (Å²) in [6.45, 7) is 2.39. The third kappa shape index (κ3) is 1.99. The van der Waals surface area contributed by atoms with Gasteiger partial charge in [-0.25, -0.2) is 0 Å². The highest BCUT2D eigenvalue weighted by molar-refractivity contribution is 7.99. The number of nitrogens with zero attached hydrogens (tertiary/aromatic N) is 1. The van der Waals surface area contributed by atoms with Gasteiger partial charge in [0.2, 0.25) is 0 Å². The number of benzene rings is 2. The molecule has 1 fully saturated rings. The average Bonchev–Trinajstić information content (AvgIpc) is 2.61. The molecule has 2 atom stereocenters. The standard InChI is InChI=1S/C18H19NS/c1-19-11-10-13-14-6-2-4-8-17(14)20-18-9-5-3-7-15(18)16(13)12-19/h2-9,13,16H,10-12H2,1H3/t13-,16+/m0/s1. The first kappa shape index (κ1) is 12.5. The molecule has 102 valence electrons. The lowest BCUT2D eigenvalue weighted by molar-refractivity contribution is 0.225. The van der Waals surface area contributed by atoms with Gasteiger partial charge in [-0.2, -0.15) is 0 Å². The molecule has 0 bridgehead atoms. The molecule has 2 aromatic carbocycles. The quantitative estimate of drug-likeness (QED) is 0.706. The third-order valence-corrected chi connectivity index (χ3v) is 5.86. The third-order valence-electron chi connectivity index (χ3n) is 4.67. The Morgan fingerprint density at radius 2 is 1.50 bits per heavy atom. The minimum atomic E-state index is 0.640. The Morgan fingerprint density at radius 1 is 0.900 bits per heavy atom. The van der Waals surface area contributed by atoms with Crippen molar-refractivity contribution in [1.82, 2.24) is 4.90 Å². The van der Waals surface area contributed by atoms with Crippen molar-refractivity contribution < 1.29 is 0 Å². The van der Waals surface area contributed by atoms with Crippen molar-refractivity contribution in [3.8, 4) is 0 Å². The van der Waals surface area contributed by atoms with E-state index >= 15 is 0 Å². The minimum absolute atomic E-state index is 0.640. The van der Waals surface area contributed by atoms with E-state index in [0.717, 1.165) is 0 Å². The Morgan fingerprint density at radius 3 is 2.20 bits per heavy atom. The van der Waals surface area contributed by atoms with Crippen LogP contribution in [-0.2, 0) is 0 Å². The van der Waals surface area contributed by atoms with Crippen LogP contribution in [0, 0.1) is 0 Å². The Bertz CT molecular complexity index is 637. The summed E-state index contributed by atoms with van der Waals surface area (Å²) in [5.74, 6) is 1.32. The lowest BCUT2D eigenvalue weighted by atomic mass is 9.77. The van der Waals surface area contributed by atoms with E-state index in [0.29, 0.717) is 11.8 Å². The van der Waals surface area contributed by atoms with Gasteiger partial charge in [0.05, 0.1) is 0 Å². The Labute approximate surface area is 125 Å². The van der Waals surface area contributed by atoms with Crippen LogP contribution in [0.15, 0.2) is 58.3 Å². The molecule has 0 saturated carbocycles. The first-order valence-corrected chi connectivity index (χ1v) is 8.19. The molecule has 2 aliphatic rings. The zero-order chi connectivity index (χ0) is 13.5. The highest BCUT2D eigenvalue weighted by Gasteiger charge is 2.34. The summed E-state index contributed by atoms with van der Waals surface area (Å²) in [5, 5.41) is 0. The molecule has 0 unspecified atom stereocenters. The summed E-state index contributed by atoms with van der Waals surface area (Å²) >= 11 is 1.95. The van der Waals surface area contributed by atoms with Gasteiger partial charge in [-0.3, -0.25) is 0 Å².